The number of hydrogen-bond donors (Lipinski definition) is 3. The number of allylic oxidation sites excluding steroid dienone is 2. The van der Waals surface area contributed by atoms with E-state index in [-0.39, 0.29) is 12.2 Å². The first-order chi connectivity index (χ1) is 11.1. The van der Waals surface area contributed by atoms with E-state index in [1.165, 1.54) is 6.08 Å². The SMILES string of the molecule is O=C(O)CCCCCCCNC1=CC=C([N+](=O)[O-])N2ONC=C12. The van der Waals surface area contributed by atoms with Crippen molar-refractivity contribution < 1.29 is 19.8 Å². The number of aliphatic carboxylic acids is 1. The van der Waals surface area contributed by atoms with Gasteiger partial charge >= 0.3 is 11.8 Å². The average Bonchev–Trinajstić information content (AvgIpc) is 2.98. The molecule has 0 radical (unpaired) electrons. The van der Waals surface area contributed by atoms with Gasteiger partial charge in [-0.15, -0.1) is 0 Å². The van der Waals surface area contributed by atoms with Gasteiger partial charge in [0.25, 0.3) is 0 Å². The molecule has 0 fully saturated rings. The van der Waals surface area contributed by atoms with Crippen LogP contribution in [0.15, 0.2) is 35.6 Å². The fourth-order valence-electron chi connectivity index (χ4n) is 2.35. The van der Waals surface area contributed by atoms with Crippen LogP contribution in [0.5, 0.6) is 0 Å². The second kappa shape index (κ2) is 8.18. The molecule has 0 amide bonds. The molecule has 126 valence electrons. The molecular formula is C14H20N4O5. The Morgan fingerprint density at radius 1 is 1.30 bits per heavy atom. The third-order valence-electron chi connectivity index (χ3n) is 3.51. The molecule has 0 aromatic rings. The highest BCUT2D eigenvalue weighted by molar-refractivity contribution is 5.66. The lowest BCUT2D eigenvalue weighted by molar-refractivity contribution is -0.465. The van der Waals surface area contributed by atoms with Gasteiger partial charge < -0.3 is 20.5 Å². The molecule has 0 atom stereocenters. The van der Waals surface area contributed by atoms with Crippen LogP contribution >= 0.6 is 0 Å². The molecule has 0 aliphatic carbocycles. The summed E-state index contributed by atoms with van der Waals surface area (Å²) in [5.41, 5.74) is 3.83. The zero-order valence-electron chi connectivity index (χ0n) is 12.7. The molecule has 9 heteroatoms. The van der Waals surface area contributed by atoms with Gasteiger partial charge in [0.2, 0.25) is 5.70 Å². The number of carboxylic acid groups (broad SMARTS) is 1. The van der Waals surface area contributed by atoms with Crippen LogP contribution in [0.25, 0.3) is 0 Å². The maximum atomic E-state index is 10.9. The molecule has 3 N–H and O–H groups in total. The lowest BCUT2D eigenvalue weighted by Gasteiger charge is -2.18. The van der Waals surface area contributed by atoms with Crippen LogP contribution in [0.4, 0.5) is 0 Å². The second-order valence-corrected chi connectivity index (χ2v) is 5.23. The molecule has 0 saturated carbocycles. The van der Waals surface area contributed by atoms with Crippen molar-refractivity contribution in [3.63, 3.8) is 0 Å². The van der Waals surface area contributed by atoms with Gasteiger partial charge in [0.05, 0.1) is 11.9 Å². The number of hydroxylamine groups is 3. The lowest BCUT2D eigenvalue weighted by Crippen LogP contribution is -2.31. The van der Waals surface area contributed by atoms with Crippen LogP contribution in [0.3, 0.4) is 0 Å². The molecule has 9 nitrogen and oxygen atoms in total. The van der Waals surface area contributed by atoms with Crippen molar-refractivity contribution in [3.8, 4) is 0 Å². The molecule has 2 aliphatic rings. The van der Waals surface area contributed by atoms with Crippen LogP contribution in [-0.4, -0.2) is 27.6 Å². The molecule has 23 heavy (non-hydrogen) atoms. The summed E-state index contributed by atoms with van der Waals surface area (Å²) < 4.78 is 0. The highest BCUT2D eigenvalue weighted by Gasteiger charge is 2.36. The Balaban J connectivity index is 1.69. The van der Waals surface area contributed by atoms with E-state index in [0.717, 1.165) is 43.0 Å². The predicted molar refractivity (Wildman–Crippen MR) is 80.6 cm³/mol. The van der Waals surface area contributed by atoms with Gasteiger partial charge in [-0.2, -0.15) is 0 Å². The maximum Gasteiger partial charge on any atom is 0.355 e. The summed E-state index contributed by atoms with van der Waals surface area (Å²) in [6.45, 7) is 0.734. The first-order valence-electron chi connectivity index (χ1n) is 7.55. The number of nitrogens with zero attached hydrogens (tertiary/aromatic N) is 2. The summed E-state index contributed by atoms with van der Waals surface area (Å²) in [7, 11) is 0. The summed E-state index contributed by atoms with van der Waals surface area (Å²) in [5.74, 6) is -0.895. The van der Waals surface area contributed by atoms with Gasteiger partial charge in [-0.3, -0.25) is 4.79 Å². The van der Waals surface area contributed by atoms with Crippen molar-refractivity contribution in [1.29, 1.82) is 0 Å². The third kappa shape index (κ3) is 4.71. The minimum absolute atomic E-state index is 0.148. The van der Waals surface area contributed by atoms with E-state index in [9.17, 15) is 14.9 Å². The zero-order chi connectivity index (χ0) is 16.7. The summed E-state index contributed by atoms with van der Waals surface area (Å²) in [5, 5.41) is 23.8. The van der Waals surface area contributed by atoms with Gasteiger partial charge in [-0.05, 0) is 28.9 Å². The van der Waals surface area contributed by atoms with E-state index in [0.29, 0.717) is 12.1 Å². The highest BCUT2D eigenvalue weighted by atomic mass is 16.8. The number of nitrogens with one attached hydrogen (secondary N) is 2. The lowest BCUT2D eigenvalue weighted by atomic mass is 10.1. The maximum absolute atomic E-state index is 10.9. The number of hydrogen-bond acceptors (Lipinski definition) is 7. The smallest absolute Gasteiger partial charge is 0.355 e. The molecule has 2 rings (SSSR count). The first kappa shape index (κ1) is 16.8. The Morgan fingerprint density at radius 3 is 2.78 bits per heavy atom. The molecule has 0 saturated heterocycles. The minimum atomic E-state index is -0.747. The van der Waals surface area contributed by atoms with Gasteiger partial charge in [0, 0.05) is 19.0 Å². The van der Waals surface area contributed by atoms with E-state index in [2.05, 4.69) is 10.8 Å². The monoisotopic (exact) mass is 324 g/mol. The molecular weight excluding hydrogens is 304 g/mol. The van der Waals surface area contributed by atoms with E-state index >= 15 is 0 Å². The number of unbranched alkanes of at least 4 members (excludes halogenated alkanes) is 4. The summed E-state index contributed by atoms with van der Waals surface area (Å²) >= 11 is 0. The predicted octanol–water partition coefficient (Wildman–Crippen LogP) is 1.61. The summed E-state index contributed by atoms with van der Waals surface area (Å²) in [6, 6.07) is 0. The number of carbonyl (C=O) groups is 1. The van der Waals surface area contributed by atoms with Crippen molar-refractivity contribution in [3.05, 3.63) is 45.7 Å². The van der Waals surface area contributed by atoms with E-state index in [1.807, 2.05) is 0 Å². The number of fused-ring (bicyclic) bond motifs is 1. The van der Waals surface area contributed by atoms with Crippen molar-refractivity contribution in [1.82, 2.24) is 15.9 Å². The number of nitro groups is 1. The van der Waals surface area contributed by atoms with Gasteiger partial charge in [-0.1, -0.05) is 24.2 Å². The molecule has 0 spiro atoms. The molecule has 0 unspecified atom stereocenters. The Labute approximate surface area is 133 Å². The number of carboxylic acids is 1. The molecule has 0 aromatic carbocycles. The second-order valence-electron chi connectivity index (χ2n) is 5.23. The van der Waals surface area contributed by atoms with Crippen molar-refractivity contribution in [2.75, 3.05) is 6.54 Å². The van der Waals surface area contributed by atoms with Gasteiger partial charge in [0.15, 0.2) is 0 Å². The molecule has 2 heterocycles. The summed E-state index contributed by atoms with van der Waals surface area (Å²) in [6.07, 6.45) is 9.41. The molecule has 2 aliphatic heterocycles. The highest BCUT2D eigenvalue weighted by Crippen LogP contribution is 2.26. The Kier molecular flexibility index (Phi) is 5.98. The van der Waals surface area contributed by atoms with E-state index < -0.39 is 10.9 Å². The van der Waals surface area contributed by atoms with Gasteiger partial charge in [-0.25, -0.2) is 5.48 Å². The zero-order valence-corrected chi connectivity index (χ0v) is 12.7. The quantitative estimate of drug-likeness (QED) is 0.315. The average molecular weight is 324 g/mol. The Bertz CT molecular complexity index is 555. The van der Waals surface area contributed by atoms with Crippen molar-refractivity contribution >= 4 is 5.97 Å². The normalized spacial score (nSPS) is 16.0. The number of rotatable bonds is 10. The first-order valence-corrected chi connectivity index (χ1v) is 7.55. The van der Waals surface area contributed by atoms with E-state index in [4.69, 9.17) is 10.0 Å². The van der Waals surface area contributed by atoms with Crippen molar-refractivity contribution in [2.45, 2.75) is 38.5 Å². The fraction of sp³-hybridized carbons (Fsp3) is 0.500. The standard InChI is InChI=1S/C14H20N4O5/c19-14(20)6-4-2-1-3-5-9-15-11-7-8-13(18(21)22)17-12(11)10-16-23-17/h7-8,10,15-16H,1-6,9H2,(H,19,20). The van der Waals surface area contributed by atoms with Crippen LogP contribution in [0.2, 0.25) is 0 Å². The molecule has 0 bridgehead atoms. The minimum Gasteiger partial charge on any atom is -0.481 e. The van der Waals surface area contributed by atoms with Crippen LogP contribution < -0.4 is 10.8 Å². The van der Waals surface area contributed by atoms with Crippen LogP contribution in [0, 0.1) is 10.1 Å². The van der Waals surface area contributed by atoms with Crippen LogP contribution in [0.1, 0.15) is 38.5 Å². The van der Waals surface area contributed by atoms with Crippen molar-refractivity contribution in [2.24, 2.45) is 0 Å². The van der Waals surface area contributed by atoms with Crippen LogP contribution in [-0.2, 0) is 9.73 Å². The largest absolute Gasteiger partial charge is 0.481 e. The van der Waals surface area contributed by atoms with E-state index in [1.54, 1.807) is 12.3 Å². The Morgan fingerprint density at radius 2 is 2.04 bits per heavy atom. The Hall–Kier alpha value is -2.55. The summed E-state index contributed by atoms with van der Waals surface area (Å²) in [4.78, 5) is 25.8. The fourth-order valence-corrected chi connectivity index (χ4v) is 2.35. The molecule has 0 aromatic heterocycles. The third-order valence-corrected chi connectivity index (χ3v) is 3.51. The topological polar surface area (TPSA) is 117 Å². The van der Waals surface area contributed by atoms with Gasteiger partial charge in [0.1, 0.15) is 0 Å².